The Balaban J connectivity index is 2.59. The lowest BCUT2D eigenvalue weighted by molar-refractivity contribution is 0.0937. The number of rotatable bonds is 8. The van der Waals surface area contributed by atoms with Gasteiger partial charge in [0.05, 0.1) is 0 Å². The molecular weight excluding hydrogens is 274 g/mol. The van der Waals surface area contributed by atoms with E-state index in [1.807, 2.05) is 6.92 Å². The molecule has 1 unspecified atom stereocenters. The summed E-state index contributed by atoms with van der Waals surface area (Å²) in [6.45, 7) is 4.04. The summed E-state index contributed by atoms with van der Waals surface area (Å²) in [5.41, 5.74) is -0.219. The zero-order valence-electron chi connectivity index (χ0n) is 12.9. The molecule has 0 spiro atoms. The lowest BCUT2D eigenvalue weighted by Gasteiger charge is -2.14. The third kappa shape index (κ3) is 5.33. The van der Waals surface area contributed by atoms with E-state index in [-0.39, 0.29) is 17.3 Å². The number of amides is 1. The predicted molar refractivity (Wildman–Crippen MR) is 81.6 cm³/mol. The summed E-state index contributed by atoms with van der Waals surface area (Å²) in [5, 5.41) is 5.20. The second-order valence-electron chi connectivity index (χ2n) is 5.29. The van der Waals surface area contributed by atoms with E-state index in [1.165, 1.54) is 13.5 Å². The molecular formula is C16H24F2N2O. The van der Waals surface area contributed by atoms with E-state index >= 15 is 0 Å². The highest BCUT2D eigenvalue weighted by Gasteiger charge is 2.15. The van der Waals surface area contributed by atoms with Gasteiger partial charge in [-0.25, -0.2) is 8.78 Å². The minimum absolute atomic E-state index is 0.00408. The molecule has 5 heteroatoms. The van der Waals surface area contributed by atoms with Crippen LogP contribution in [0.1, 0.15) is 56.3 Å². The highest BCUT2D eigenvalue weighted by Crippen LogP contribution is 2.20. The van der Waals surface area contributed by atoms with Crippen molar-refractivity contribution < 1.29 is 13.6 Å². The van der Waals surface area contributed by atoms with E-state index in [2.05, 4.69) is 17.6 Å². The van der Waals surface area contributed by atoms with E-state index in [1.54, 1.807) is 0 Å². The number of benzene rings is 1. The molecule has 21 heavy (non-hydrogen) atoms. The summed E-state index contributed by atoms with van der Waals surface area (Å²) in [7, 11) is 1.43. The van der Waals surface area contributed by atoms with Crippen molar-refractivity contribution in [3.05, 3.63) is 29.3 Å². The molecule has 0 heterocycles. The van der Waals surface area contributed by atoms with Gasteiger partial charge in [0, 0.05) is 18.7 Å². The topological polar surface area (TPSA) is 41.1 Å². The van der Waals surface area contributed by atoms with E-state index in [9.17, 15) is 13.6 Å². The van der Waals surface area contributed by atoms with Gasteiger partial charge in [0.1, 0.15) is 17.3 Å². The first-order valence-electron chi connectivity index (χ1n) is 7.47. The first-order valence-corrected chi connectivity index (χ1v) is 7.47. The van der Waals surface area contributed by atoms with Crippen LogP contribution in [0.5, 0.6) is 0 Å². The van der Waals surface area contributed by atoms with Crippen LogP contribution in [-0.2, 0) is 0 Å². The van der Waals surface area contributed by atoms with Crippen LogP contribution in [0.25, 0.3) is 0 Å². The highest BCUT2D eigenvalue weighted by molar-refractivity contribution is 5.94. The quantitative estimate of drug-likeness (QED) is 0.710. The number of carbonyl (C=O) groups is 1. The molecule has 0 aromatic heterocycles. The van der Waals surface area contributed by atoms with Crippen molar-refractivity contribution in [1.29, 1.82) is 0 Å². The fourth-order valence-electron chi connectivity index (χ4n) is 2.20. The van der Waals surface area contributed by atoms with Gasteiger partial charge >= 0.3 is 0 Å². The fourth-order valence-corrected chi connectivity index (χ4v) is 2.20. The molecule has 0 aliphatic rings. The van der Waals surface area contributed by atoms with Crippen molar-refractivity contribution in [3.63, 3.8) is 0 Å². The third-order valence-corrected chi connectivity index (χ3v) is 3.42. The molecule has 1 amide bonds. The summed E-state index contributed by atoms with van der Waals surface area (Å²) >= 11 is 0. The van der Waals surface area contributed by atoms with Crippen LogP contribution in [-0.4, -0.2) is 19.0 Å². The van der Waals surface area contributed by atoms with Crippen LogP contribution < -0.4 is 10.6 Å². The molecule has 0 radical (unpaired) electrons. The molecule has 0 aliphatic heterocycles. The minimum atomic E-state index is -0.766. The molecule has 1 aromatic rings. The van der Waals surface area contributed by atoms with E-state index in [0.717, 1.165) is 37.8 Å². The predicted octanol–water partition coefficient (Wildman–Crippen LogP) is 4.10. The van der Waals surface area contributed by atoms with Gasteiger partial charge < -0.3 is 10.6 Å². The van der Waals surface area contributed by atoms with Crippen molar-refractivity contribution in [2.75, 3.05) is 12.4 Å². The maximum Gasteiger partial charge on any atom is 0.251 e. The van der Waals surface area contributed by atoms with Crippen LogP contribution in [0.4, 0.5) is 14.5 Å². The van der Waals surface area contributed by atoms with E-state index in [0.29, 0.717) is 0 Å². The average molecular weight is 298 g/mol. The summed E-state index contributed by atoms with van der Waals surface area (Å²) in [5.74, 6) is -1.98. The van der Waals surface area contributed by atoms with Gasteiger partial charge in [-0.05, 0) is 25.5 Å². The molecule has 1 atom stereocenters. The minimum Gasteiger partial charge on any atom is -0.383 e. The number of halogens is 2. The van der Waals surface area contributed by atoms with Gasteiger partial charge in [0.2, 0.25) is 0 Å². The van der Waals surface area contributed by atoms with E-state index in [4.69, 9.17) is 0 Å². The second kappa shape index (κ2) is 8.60. The lowest BCUT2D eigenvalue weighted by atomic mass is 10.1. The number of carbonyl (C=O) groups excluding carboxylic acids is 1. The Hall–Kier alpha value is -1.65. The van der Waals surface area contributed by atoms with Gasteiger partial charge in [0.25, 0.3) is 5.91 Å². The molecule has 0 saturated carbocycles. The largest absolute Gasteiger partial charge is 0.383 e. The Morgan fingerprint density at radius 3 is 2.33 bits per heavy atom. The van der Waals surface area contributed by atoms with Crippen LogP contribution in [0.15, 0.2) is 12.1 Å². The van der Waals surface area contributed by atoms with Crippen LogP contribution in [0.2, 0.25) is 0 Å². The van der Waals surface area contributed by atoms with Crippen molar-refractivity contribution in [1.82, 2.24) is 5.32 Å². The monoisotopic (exact) mass is 298 g/mol. The zero-order chi connectivity index (χ0) is 15.8. The smallest absolute Gasteiger partial charge is 0.251 e. The van der Waals surface area contributed by atoms with Gasteiger partial charge in [-0.2, -0.15) is 0 Å². The maximum atomic E-state index is 13.6. The number of unbranched alkanes of at least 4 members (excludes halogenated alkanes) is 3. The summed E-state index contributed by atoms with van der Waals surface area (Å²) in [6, 6.07) is 2.09. The second-order valence-corrected chi connectivity index (χ2v) is 5.29. The number of hydrogen-bond donors (Lipinski definition) is 2. The molecule has 118 valence electrons. The fraction of sp³-hybridized carbons (Fsp3) is 0.562. The van der Waals surface area contributed by atoms with Gasteiger partial charge in [-0.15, -0.1) is 0 Å². The van der Waals surface area contributed by atoms with Gasteiger partial charge in [-0.3, -0.25) is 4.79 Å². The Bertz CT molecular complexity index is 454. The van der Waals surface area contributed by atoms with E-state index < -0.39 is 17.5 Å². The Kier molecular flexibility index (Phi) is 7.12. The van der Waals surface area contributed by atoms with Crippen molar-refractivity contribution in [2.24, 2.45) is 0 Å². The average Bonchev–Trinajstić information content (AvgIpc) is 2.43. The summed E-state index contributed by atoms with van der Waals surface area (Å²) < 4.78 is 27.2. The third-order valence-electron chi connectivity index (χ3n) is 3.42. The molecule has 0 saturated heterocycles. The standard InChI is InChI=1S/C16H24F2N2O/c1-4-5-6-7-8-11(2)20-16(21)12-9-13(17)15(19-3)14(18)10-12/h9-11,19H,4-8H2,1-3H3,(H,20,21). The maximum absolute atomic E-state index is 13.6. The lowest BCUT2D eigenvalue weighted by Crippen LogP contribution is -2.32. The van der Waals surface area contributed by atoms with Crippen molar-refractivity contribution in [2.45, 2.75) is 52.0 Å². The molecule has 1 rings (SSSR count). The first kappa shape index (κ1) is 17.4. The molecule has 2 N–H and O–H groups in total. The number of hydrogen-bond acceptors (Lipinski definition) is 2. The number of anilines is 1. The van der Waals surface area contributed by atoms with Gasteiger partial charge in [0.15, 0.2) is 0 Å². The van der Waals surface area contributed by atoms with Crippen LogP contribution >= 0.6 is 0 Å². The van der Waals surface area contributed by atoms with Crippen LogP contribution in [0.3, 0.4) is 0 Å². The van der Waals surface area contributed by atoms with Crippen molar-refractivity contribution in [3.8, 4) is 0 Å². The van der Waals surface area contributed by atoms with Crippen LogP contribution in [0, 0.1) is 11.6 Å². The Labute approximate surface area is 125 Å². The molecule has 0 aliphatic carbocycles. The Morgan fingerprint density at radius 2 is 1.81 bits per heavy atom. The number of nitrogens with one attached hydrogen (secondary N) is 2. The molecule has 0 bridgehead atoms. The molecule has 3 nitrogen and oxygen atoms in total. The first-order chi connectivity index (χ1) is 9.99. The SMILES string of the molecule is CCCCCCC(C)NC(=O)c1cc(F)c(NC)c(F)c1. The normalized spacial score (nSPS) is 12.0. The summed E-state index contributed by atoms with van der Waals surface area (Å²) in [4.78, 5) is 12.0. The Morgan fingerprint density at radius 1 is 1.19 bits per heavy atom. The zero-order valence-corrected chi connectivity index (χ0v) is 12.9. The molecule has 0 fully saturated rings. The summed E-state index contributed by atoms with van der Waals surface area (Å²) in [6.07, 6.45) is 5.39. The van der Waals surface area contributed by atoms with Crippen molar-refractivity contribution >= 4 is 11.6 Å². The molecule has 1 aromatic carbocycles. The van der Waals surface area contributed by atoms with Gasteiger partial charge in [-0.1, -0.05) is 32.6 Å². The highest BCUT2D eigenvalue weighted by atomic mass is 19.1.